The van der Waals surface area contributed by atoms with E-state index in [1.807, 2.05) is 36.4 Å². The molecule has 12 nitrogen and oxygen atoms in total. The number of anilines is 6. The standard InChI is InChI=1S/C34H36N6O6/c1-21-15-17-27(37-31(41)35-25-11-7-5-8-12-25)19-29(21)39-33(43)45-23(3)24(4)46-34(44)40-30-20-28(18-16-22(30)2)38-32(42)36-26-13-9-6-10-14-26/h5-20,23-24H,1-4H3,(H,39,43)(H,40,44)(H2,35,37,41)(H2,36,38,42). The number of amides is 6. The number of ether oxygens (including phenoxy) is 2. The van der Waals surface area contributed by atoms with Gasteiger partial charge >= 0.3 is 24.2 Å². The first-order valence-electron chi connectivity index (χ1n) is 14.5. The largest absolute Gasteiger partial charge is 0.442 e. The number of nitrogens with one attached hydrogen (secondary N) is 6. The maximum Gasteiger partial charge on any atom is 0.412 e. The molecular formula is C34H36N6O6. The van der Waals surface area contributed by atoms with Crippen LogP contribution in [-0.2, 0) is 9.47 Å². The number of hydrogen-bond donors (Lipinski definition) is 6. The molecule has 12 heteroatoms. The minimum Gasteiger partial charge on any atom is -0.442 e. The molecule has 4 aromatic carbocycles. The highest BCUT2D eigenvalue weighted by atomic mass is 16.6. The Hall–Kier alpha value is -6.04. The van der Waals surface area contributed by atoms with Crippen LogP contribution in [0.15, 0.2) is 97.1 Å². The van der Waals surface area contributed by atoms with Gasteiger partial charge in [0.05, 0.1) is 0 Å². The Morgan fingerprint density at radius 2 is 0.826 bits per heavy atom. The van der Waals surface area contributed by atoms with Crippen LogP contribution >= 0.6 is 0 Å². The molecular weight excluding hydrogens is 588 g/mol. The maximum absolute atomic E-state index is 12.7. The topological polar surface area (TPSA) is 159 Å². The van der Waals surface area contributed by atoms with E-state index in [2.05, 4.69) is 31.9 Å². The van der Waals surface area contributed by atoms with E-state index < -0.39 is 36.5 Å². The van der Waals surface area contributed by atoms with Crippen molar-refractivity contribution in [1.29, 1.82) is 0 Å². The molecule has 2 atom stereocenters. The number of rotatable bonds is 9. The zero-order valence-corrected chi connectivity index (χ0v) is 25.8. The summed E-state index contributed by atoms with van der Waals surface area (Å²) in [5.41, 5.74) is 4.54. The first kappa shape index (κ1) is 32.9. The number of hydrogen-bond acceptors (Lipinski definition) is 6. The zero-order chi connectivity index (χ0) is 33.1. The lowest BCUT2D eigenvalue weighted by Gasteiger charge is -2.22. The van der Waals surface area contributed by atoms with Crippen LogP contribution in [0.4, 0.5) is 53.3 Å². The summed E-state index contributed by atoms with van der Waals surface area (Å²) in [5, 5.41) is 16.2. The van der Waals surface area contributed by atoms with Gasteiger partial charge in [-0.15, -0.1) is 0 Å². The first-order chi connectivity index (χ1) is 22.0. The molecule has 238 valence electrons. The molecule has 0 bridgehead atoms. The lowest BCUT2D eigenvalue weighted by molar-refractivity contribution is 0.0179. The van der Waals surface area contributed by atoms with Gasteiger partial charge in [-0.2, -0.15) is 0 Å². The summed E-state index contributed by atoms with van der Waals surface area (Å²) in [6, 6.07) is 27.2. The fourth-order valence-electron chi connectivity index (χ4n) is 4.11. The van der Waals surface area contributed by atoms with Gasteiger partial charge in [0.1, 0.15) is 12.2 Å². The molecule has 0 aromatic heterocycles. The SMILES string of the molecule is Cc1ccc(NC(=O)Nc2ccccc2)cc1NC(=O)OC(C)C(C)OC(=O)Nc1cc(NC(=O)Nc2ccccc2)ccc1C. The van der Waals surface area contributed by atoms with Crippen molar-refractivity contribution in [3.63, 3.8) is 0 Å². The Morgan fingerprint density at radius 1 is 0.478 bits per heavy atom. The molecule has 0 aliphatic heterocycles. The average molecular weight is 625 g/mol. The molecule has 0 heterocycles. The zero-order valence-electron chi connectivity index (χ0n) is 25.8. The van der Waals surface area contributed by atoms with E-state index in [1.165, 1.54) is 0 Å². The van der Waals surface area contributed by atoms with Gasteiger partial charge in [-0.25, -0.2) is 19.2 Å². The fraction of sp³-hybridized carbons (Fsp3) is 0.176. The highest BCUT2D eigenvalue weighted by Gasteiger charge is 2.22. The summed E-state index contributed by atoms with van der Waals surface area (Å²) in [4.78, 5) is 50.1. The van der Waals surface area contributed by atoms with Crippen LogP contribution in [0.25, 0.3) is 0 Å². The van der Waals surface area contributed by atoms with Crippen molar-refractivity contribution in [2.75, 3.05) is 31.9 Å². The second kappa shape index (κ2) is 15.6. The Labute approximate surface area is 266 Å². The summed E-state index contributed by atoms with van der Waals surface area (Å²) in [6.07, 6.45) is -3.14. The summed E-state index contributed by atoms with van der Waals surface area (Å²) in [7, 11) is 0. The summed E-state index contributed by atoms with van der Waals surface area (Å²) >= 11 is 0. The van der Waals surface area contributed by atoms with E-state index in [0.29, 0.717) is 34.1 Å². The third-order valence-electron chi connectivity index (χ3n) is 6.77. The maximum atomic E-state index is 12.7. The number of carbonyl (C=O) groups is 4. The van der Waals surface area contributed by atoms with E-state index in [9.17, 15) is 19.2 Å². The number of urea groups is 2. The van der Waals surface area contributed by atoms with Crippen molar-refractivity contribution in [1.82, 2.24) is 0 Å². The van der Waals surface area contributed by atoms with Crippen molar-refractivity contribution in [3.8, 4) is 0 Å². The molecule has 0 aliphatic rings. The van der Waals surface area contributed by atoms with Crippen LogP contribution in [-0.4, -0.2) is 36.5 Å². The molecule has 6 N–H and O–H groups in total. The molecule has 2 unspecified atom stereocenters. The predicted octanol–water partition coefficient (Wildman–Crippen LogP) is 8.17. The van der Waals surface area contributed by atoms with Gasteiger partial charge in [-0.05, 0) is 87.4 Å². The Kier molecular flexibility index (Phi) is 11.2. The van der Waals surface area contributed by atoms with Crippen molar-refractivity contribution in [2.45, 2.75) is 39.9 Å². The van der Waals surface area contributed by atoms with Crippen LogP contribution in [0, 0.1) is 13.8 Å². The third kappa shape index (κ3) is 10.0. The quantitative estimate of drug-likeness (QED) is 0.110. The Morgan fingerprint density at radius 3 is 1.20 bits per heavy atom. The average Bonchev–Trinajstić information content (AvgIpc) is 3.01. The predicted molar refractivity (Wildman–Crippen MR) is 180 cm³/mol. The monoisotopic (exact) mass is 624 g/mol. The van der Waals surface area contributed by atoms with Crippen molar-refractivity contribution in [3.05, 3.63) is 108 Å². The number of benzene rings is 4. The van der Waals surface area contributed by atoms with Gasteiger partial charge in [0.15, 0.2) is 0 Å². The number of para-hydroxylation sites is 2. The molecule has 6 amide bonds. The molecule has 4 rings (SSSR count). The van der Waals surface area contributed by atoms with Crippen LogP contribution in [0.3, 0.4) is 0 Å². The molecule has 0 fully saturated rings. The first-order valence-corrected chi connectivity index (χ1v) is 14.5. The molecule has 0 spiro atoms. The number of aryl methyl sites for hydroxylation is 2. The Balaban J connectivity index is 1.26. The van der Waals surface area contributed by atoms with E-state index in [1.54, 1.807) is 88.4 Å². The smallest absolute Gasteiger partial charge is 0.412 e. The second-order valence-corrected chi connectivity index (χ2v) is 10.4. The van der Waals surface area contributed by atoms with E-state index in [4.69, 9.17) is 9.47 Å². The normalized spacial score (nSPS) is 11.7. The third-order valence-corrected chi connectivity index (χ3v) is 6.77. The van der Waals surface area contributed by atoms with Gasteiger partial charge in [0, 0.05) is 34.1 Å². The Bertz CT molecular complexity index is 1560. The van der Waals surface area contributed by atoms with Crippen LogP contribution in [0.2, 0.25) is 0 Å². The van der Waals surface area contributed by atoms with Crippen LogP contribution < -0.4 is 31.9 Å². The molecule has 0 saturated heterocycles. The van der Waals surface area contributed by atoms with Crippen LogP contribution in [0.5, 0.6) is 0 Å². The molecule has 46 heavy (non-hydrogen) atoms. The second-order valence-electron chi connectivity index (χ2n) is 10.4. The van der Waals surface area contributed by atoms with E-state index >= 15 is 0 Å². The van der Waals surface area contributed by atoms with Gasteiger partial charge < -0.3 is 30.7 Å². The summed E-state index contributed by atoms with van der Waals surface area (Å²) in [6.45, 7) is 6.78. The van der Waals surface area contributed by atoms with Crippen LogP contribution in [0.1, 0.15) is 25.0 Å². The fourth-order valence-corrected chi connectivity index (χ4v) is 4.11. The summed E-state index contributed by atoms with van der Waals surface area (Å²) < 4.78 is 10.9. The minimum atomic E-state index is -0.806. The number of carbonyl (C=O) groups excluding carboxylic acids is 4. The van der Waals surface area contributed by atoms with Gasteiger partial charge in [-0.3, -0.25) is 10.6 Å². The summed E-state index contributed by atoms with van der Waals surface area (Å²) in [5.74, 6) is 0. The van der Waals surface area contributed by atoms with Crippen molar-refractivity contribution in [2.24, 2.45) is 0 Å². The van der Waals surface area contributed by atoms with Gasteiger partial charge in [-0.1, -0.05) is 48.5 Å². The van der Waals surface area contributed by atoms with Crippen molar-refractivity contribution >= 4 is 58.4 Å². The molecule has 0 aliphatic carbocycles. The van der Waals surface area contributed by atoms with Crippen molar-refractivity contribution < 1.29 is 28.7 Å². The van der Waals surface area contributed by atoms with Gasteiger partial charge in [0.2, 0.25) is 0 Å². The molecule has 4 aromatic rings. The van der Waals surface area contributed by atoms with E-state index in [0.717, 1.165) is 11.1 Å². The molecule has 0 saturated carbocycles. The molecule has 0 radical (unpaired) electrons. The lowest BCUT2D eigenvalue weighted by atomic mass is 10.2. The highest BCUT2D eigenvalue weighted by Crippen LogP contribution is 2.23. The van der Waals surface area contributed by atoms with E-state index in [-0.39, 0.29) is 0 Å². The van der Waals surface area contributed by atoms with Gasteiger partial charge in [0.25, 0.3) is 0 Å². The highest BCUT2D eigenvalue weighted by molar-refractivity contribution is 6.01. The lowest BCUT2D eigenvalue weighted by Crippen LogP contribution is -2.33. The minimum absolute atomic E-state index is 0.433.